The highest BCUT2D eigenvalue weighted by Gasteiger charge is 2.40. The monoisotopic (exact) mass is 260 g/mol. The number of fused-ring (bicyclic) bond motifs is 2. The van der Waals surface area contributed by atoms with Gasteiger partial charge in [0.2, 0.25) is 0 Å². The Hall–Kier alpha value is -1.58. The van der Waals surface area contributed by atoms with Crippen LogP contribution in [-0.4, -0.2) is 11.6 Å². The van der Waals surface area contributed by atoms with Gasteiger partial charge in [0.25, 0.3) is 0 Å². The number of hydrogen-bond acceptors (Lipinski definition) is 3. The van der Waals surface area contributed by atoms with E-state index in [0.29, 0.717) is 11.7 Å². The van der Waals surface area contributed by atoms with Gasteiger partial charge in [0, 0.05) is 11.6 Å². The Morgan fingerprint density at radius 2 is 2.21 bits per heavy atom. The normalized spacial score (nSPS) is 29.8. The first-order valence-electron chi connectivity index (χ1n) is 7.04. The summed E-state index contributed by atoms with van der Waals surface area (Å²) in [5.41, 5.74) is 3.66. The third-order valence-corrected chi connectivity index (χ3v) is 4.57. The van der Waals surface area contributed by atoms with Crippen LogP contribution in [0.2, 0.25) is 0 Å². The molecule has 1 N–H and O–H groups in total. The fraction of sp³-hybridized carbons (Fsp3) is 0.600. The van der Waals surface area contributed by atoms with Crippen LogP contribution in [0.3, 0.4) is 0 Å². The van der Waals surface area contributed by atoms with Gasteiger partial charge in [0.05, 0.1) is 0 Å². The van der Waals surface area contributed by atoms with Crippen LogP contribution in [0.25, 0.3) is 0 Å². The van der Waals surface area contributed by atoms with E-state index in [1.54, 1.807) is 12.1 Å². The number of nitrogens with one attached hydrogen (secondary N) is 1. The summed E-state index contributed by atoms with van der Waals surface area (Å²) in [5.74, 6) is 3.04. The summed E-state index contributed by atoms with van der Waals surface area (Å²) in [4.78, 5) is 11.8. The minimum absolute atomic E-state index is 0.268. The number of carbonyl (C=O) groups excluding carboxylic acids is 1. The zero-order valence-corrected chi connectivity index (χ0v) is 11.5. The van der Waals surface area contributed by atoms with Gasteiger partial charge in [-0.3, -0.25) is 4.79 Å². The molecule has 2 aliphatic rings. The maximum atomic E-state index is 11.8. The molecule has 0 spiro atoms. The molecule has 3 atom stereocenters. The van der Waals surface area contributed by atoms with Crippen LogP contribution in [0.15, 0.2) is 21.7 Å². The molecule has 2 saturated carbocycles. The van der Waals surface area contributed by atoms with Crippen LogP contribution in [0.5, 0.6) is 0 Å². The van der Waals surface area contributed by atoms with Crippen molar-refractivity contribution < 1.29 is 9.21 Å². The van der Waals surface area contributed by atoms with Crippen molar-refractivity contribution in [1.29, 1.82) is 0 Å². The quantitative estimate of drug-likeness (QED) is 0.670. The lowest BCUT2D eigenvalue weighted by atomic mass is 9.86. The van der Waals surface area contributed by atoms with Gasteiger partial charge in [0.1, 0.15) is 5.76 Å². The summed E-state index contributed by atoms with van der Waals surface area (Å²) in [6.45, 7) is 3.85. The zero-order valence-electron chi connectivity index (χ0n) is 11.5. The molecule has 4 heteroatoms. The predicted molar refractivity (Wildman–Crippen MR) is 73.0 cm³/mol. The molecule has 1 amide bonds. The smallest absolute Gasteiger partial charge is 0.307 e. The van der Waals surface area contributed by atoms with E-state index >= 15 is 0 Å². The first kappa shape index (κ1) is 12.5. The van der Waals surface area contributed by atoms with E-state index in [1.165, 1.54) is 25.7 Å². The zero-order chi connectivity index (χ0) is 13.4. The topological polar surface area (TPSA) is 54.6 Å². The molecule has 3 rings (SSSR count). The number of rotatable bonds is 3. The minimum Gasteiger partial charge on any atom is -0.456 e. The van der Waals surface area contributed by atoms with Crippen molar-refractivity contribution in [2.24, 2.45) is 22.9 Å². The highest BCUT2D eigenvalue weighted by Crippen LogP contribution is 2.48. The second-order valence-electron chi connectivity index (χ2n) is 5.89. The van der Waals surface area contributed by atoms with Crippen molar-refractivity contribution in [3.05, 3.63) is 23.7 Å². The Morgan fingerprint density at radius 1 is 1.37 bits per heavy atom. The molecule has 2 bridgehead atoms. The first-order valence-corrected chi connectivity index (χ1v) is 7.04. The van der Waals surface area contributed by atoms with Crippen LogP contribution in [0.4, 0.5) is 0 Å². The van der Waals surface area contributed by atoms with Crippen molar-refractivity contribution >= 4 is 11.6 Å². The summed E-state index contributed by atoms with van der Waals surface area (Å²) in [6, 6.07) is 3.45. The van der Waals surface area contributed by atoms with Gasteiger partial charge in [-0.15, -0.1) is 0 Å². The van der Waals surface area contributed by atoms with E-state index in [0.717, 1.165) is 23.3 Å². The Labute approximate surface area is 113 Å². The summed E-state index contributed by atoms with van der Waals surface area (Å²) in [7, 11) is 0. The Morgan fingerprint density at radius 3 is 2.79 bits per heavy atom. The maximum Gasteiger partial charge on any atom is 0.307 e. The van der Waals surface area contributed by atoms with E-state index in [1.807, 2.05) is 13.8 Å². The number of hydrogen-bond donors (Lipinski definition) is 1. The third kappa shape index (κ3) is 2.44. The Kier molecular flexibility index (Phi) is 3.17. The first-order chi connectivity index (χ1) is 9.13. The average Bonchev–Trinajstić information content (AvgIpc) is 3.10. The third-order valence-electron chi connectivity index (χ3n) is 4.57. The average molecular weight is 260 g/mol. The van der Waals surface area contributed by atoms with Crippen LogP contribution in [0, 0.1) is 24.7 Å². The van der Waals surface area contributed by atoms with Gasteiger partial charge in [-0.2, -0.15) is 5.10 Å². The molecule has 0 saturated heterocycles. The number of furan rings is 1. The SMILES string of the molecule is CC(=NNC(=O)c1ccc(C)o1)C1CC2CCC1C2. The lowest BCUT2D eigenvalue weighted by Crippen LogP contribution is -2.24. The molecule has 19 heavy (non-hydrogen) atoms. The molecule has 102 valence electrons. The van der Waals surface area contributed by atoms with Gasteiger partial charge in [-0.25, -0.2) is 5.43 Å². The molecule has 1 aromatic rings. The van der Waals surface area contributed by atoms with E-state index in [9.17, 15) is 4.79 Å². The summed E-state index contributed by atoms with van der Waals surface area (Å²) < 4.78 is 5.27. The molecule has 2 fully saturated rings. The molecule has 2 aliphatic carbocycles. The number of amides is 1. The number of aryl methyl sites for hydroxylation is 1. The van der Waals surface area contributed by atoms with Crippen LogP contribution >= 0.6 is 0 Å². The lowest BCUT2D eigenvalue weighted by molar-refractivity contribution is 0.0925. The van der Waals surface area contributed by atoms with E-state index < -0.39 is 0 Å². The van der Waals surface area contributed by atoms with Gasteiger partial charge >= 0.3 is 5.91 Å². The largest absolute Gasteiger partial charge is 0.456 e. The lowest BCUT2D eigenvalue weighted by Gasteiger charge is -2.21. The number of hydrazone groups is 1. The molecule has 4 nitrogen and oxygen atoms in total. The number of nitrogens with zero attached hydrogens (tertiary/aromatic N) is 1. The van der Waals surface area contributed by atoms with Crippen molar-refractivity contribution in [2.45, 2.75) is 39.5 Å². The van der Waals surface area contributed by atoms with Gasteiger partial charge in [-0.1, -0.05) is 6.42 Å². The van der Waals surface area contributed by atoms with Crippen molar-refractivity contribution in [3.8, 4) is 0 Å². The van der Waals surface area contributed by atoms with Crippen molar-refractivity contribution in [1.82, 2.24) is 5.43 Å². The van der Waals surface area contributed by atoms with Gasteiger partial charge in [-0.05, 0) is 57.1 Å². The molecular weight excluding hydrogens is 240 g/mol. The fourth-order valence-corrected chi connectivity index (χ4v) is 3.59. The molecular formula is C15H20N2O2. The second-order valence-corrected chi connectivity index (χ2v) is 5.89. The molecule has 0 aliphatic heterocycles. The second kappa shape index (κ2) is 4.83. The fourth-order valence-electron chi connectivity index (χ4n) is 3.59. The highest BCUT2D eigenvalue weighted by molar-refractivity contribution is 5.93. The maximum absolute atomic E-state index is 11.8. The summed E-state index contributed by atoms with van der Waals surface area (Å²) in [5, 5.41) is 4.27. The molecule has 0 radical (unpaired) electrons. The highest BCUT2D eigenvalue weighted by atomic mass is 16.3. The summed E-state index contributed by atoms with van der Waals surface area (Å²) >= 11 is 0. The molecule has 1 aromatic heterocycles. The molecule has 1 heterocycles. The minimum atomic E-state index is -0.268. The Balaban J connectivity index is 1.61. The predicted octanol–water partition coefficient (Wildman–Crippen LogP) is 3.13. The number of carbonyl (C=O) groups is 1. The van der Waals surface area contributed by atoms with E-state index in [4.69, 9.17) is 4.42 Å². The molecule has 3 unspecified atom stereocenters. The Bertz CT molecular complexity index is 518. The van der Waals surface area contributed by atoms with E-state index in [2.05, 4.69) is 10.5 Å². The van der Waals surface area contributed by atoms with E-state index in [-0.39, 0.29) is 5.91 Å². The van der Waals surface area contributed by atoms with Crippen LogP contribution in [-0.2, 0) is 0 Å². The van der Waals surface area contributed by atoms with Gasteiger partial charge in [0.15, 0.2) is 5.76 Å². The molecule has 0 aromatic carbocycles. The standard InChI is InChI=1S/C15H20N2O2/c1-9-3-6-14(19-9)15(18)17-16-10(2)13-8-11-4-5-12(13)7-11/h3,6,11-13H,4-5,7-8H2,1-2H3,(H,17,18). The van der Waals surface area contributed by atoms with Crippen LogP contribution in [0.1, 0.15) is 48.9 Å². The van der Waals surface area contributed by atoms with Crippen molar-refractivity contribution in [3.63, 3.8) is 0 Å². The van der Waals surface area contributed by atoms with Crippen LogP contribution < -0.4 is 5.43 Å². The van der Waals surface area contributed by atoms with Crippen molar-refractivity contribution in [2.75, 3.05) is 0 Å². The summed E-state index contributed by atoms with van der Waals surface area (Å²) in [6.07, 6.45) is 5.30. The van der Waals surface area contributed by atoms with Gasteiger partial charge < -0.3 is 4.42 Å².